The van der Waals surface area contributed by atoms with Gasteiger partial charge in [-0.1, -0.05) is 11.8 Å². The Kier molecular flexibility index (Phi) is 4.86. The summed E-state index contributed by atoms with van der Waals surface area (Å²) in [5.74, 6) is 0. The van der Waals surface area contributed by atoms with E-state index in [9.17, 15) is 4.79 Å². The summed E-state index contributed by atoms with van der Waals surface area (Å²) in [4.78, 5) is 22.3. The number of piperidine rings is 1. The van der Waals surface area contributed by atoms with Crippen LogP contribution < -0.4 is 0 Å². The maximum atomic E-state index is 12.1. The molecule has 0 radical (unpaired) electrons. The molecule has 1 aromatic rings. The van der Waals surface area contributed by atoms with Crippen molar-refractivity contribution in [2.24, 2.45) is 0 Å². The summed E-state index contributed by atoms with van der Waals surface area (Å²) in [5, 5.41) is 1.10. The van der Waals surface area contributed by atoms with Gasteiger partial charge in [0.25, 0.3) is 0 Å². The average Bonchev–Trinajstić information content (AvgIpc) is 2.38. The van der Waals surface area contributed by atoms with Gasteiger partial charge in [0.05, 0.1) is 0 Å². The molecule has 110 valence electrons. The molecule has 0 saturated carbocycles. The van der Waals surface area contributed by atoms with Gasteiger partial charge < -0.3 is 9.64 Å². The monoisotopic (exact) mass is 295 g/mol. The van der Waals surface area contributed by atoms with Crippen molar-refractivity contribution in [2.75, 3.05) is 13.1 Å². The lowest BCUT2D eigenvalue weighted by Gasteiger charge is -2.33. The van der Waals surface area contributed by atoms with Crippen LogP contribution in [0, 0.1) is 0 Å². The Morgan fingerprint density at radius 1 is 1.40 bits per heavy atom. The SMILES string of the molecule is CC(C)(C)OC(=O)N1CCCC(Sc2ncccn2)C1. The smallest absolute Gasteiger partial charge is 0.410 e. The highest BCUT2D eigenvalue weighted by Gasteiger charge is 2.28. The summed E-state index contributed by atoms with van der Waals surface area (Å²) < 4.78 is 5.42. The van der Waals surface area contributed by atoms with Crippen molar-refractivity contribution in [1.82, 2.24) is 14.9 Å². The highest BCUT2D eigenvalue weighted by Crippen LogP contribution is 2.27. The molecule has 0 aliphatic carbocycles. The number of likely N-dealkylation sites (tertiary alicyclic amines) is 1. The van der Waals surface area contributed by atoms with Crippen LogP contribution in [0.3, 0.4) is 0 Å². The Morgan fingerprint density at radius 3 is 2.75 bits per heavy atom. The highest BCUT2D eigenvalue weighted by atomic mass is 32.2. The number of rotatable bonds is 2. The second-order valence-electron chi connectivity index (χ2n) is 5.84. The van der Waals surface area contributed by atoms with Crippen molar-refractivity contribution in [3.05, 3.63) is 18.5 Å². The van der Waals surface area contributed by atoms with Crippen molar-refractivity contribution < 1.29 is 9.53 Å². The van der Waals surface area contributed by atoms with Gasteiger partial charge in [-0.3, -0.25) is 0 Å². The third-order valence-corrected chi connectivity index (χ3v) is 3.98. The fourth-order valence-corrected chi connectivity index (χ4v) is 3.10. The van der Waals surface area contributed by atoms with Gasteiger partial charge >= 0.3 is 6.09 Å². The van der Waals surface area contributed by atoms with Crippen LogP contribution >= 0.6 is 11.8 Å². The Labute approximate surface area is 124 Å². The number of ether oxygens (including phenoxy) is 1. The van der Waals surface area contributed by atoms with Gasteiger partial charge in [0.2, 0.25) is 0 Å². The summed E-state index contributed by atoms with van der Waals surface area (Å²) in [6.45, 7) is 7.12. The predicted molar refractivity (Wildman–Crippen MR) is 78.7 cm³/mol. The molecule has 2 heterocycles. The van der Waals surface area contributed by atoms with Crippen LogP contribution in [0.4, 0.5) is 4.79 Å². The third kappa shape index (κ3) is 4.67. The van der Waals surface area contributed by atoms with E-state index in [-0.39, 0.29) is 6.09 Å². The maximum absolute atomic E-state index is 12.1. The molecule has 1 atom stereocenters. The molecule has 1 aliphatic heterocycles. The molecule has 0 spiro atoms. The van der Waals surface area contributed by atoms with E-state index in [0.29, 0.717) is 11.8 Å². The summed E-state index contributed by atoms with van der Waals surface area (Å²) in [6, 6.07) is 1.80. The fraction of sp³-hybridized carbons (Fsp3) is 0.643. The van der Waals surface area contributed by atoms with Gasteiger partial charge in [0, 0.05) is 30.7 Å². The minimum absolute atomic E-state index is 0.225. The topological polar surface area (TPSA) is 55.3 Å². The minimum Gasteiger partial charge on any atom is -0.444 e. The molecule has 1 aromatic heterocycles. The molecular weight excluding hydrogens is 274 g/mol. The molecule has 1 saturated heterocycles. The first-order chi connectivity index (χ1) is 9.44. The number of carbonyl (C=O) groups excluding carboxylic acids is 1. The fourth-order valence-electron chi connectivity index (χ4n) is 2.02. The van der Waals surface area contributed by atoms with E-state index in [0.717, 1.165) is 24.5 Å². The molecular formula is C14H21N3O2S. The summed E-state index contributed by atoms with van der Waals surface area (Å²) >= 11 is 1.63. The molecule has 0 aromatic carbocycles. The first kappa shape index (κ1) is 15.1. The van der Waals surface area contributed by atoms with Crippen molar-refractivity contribution in [3.63, 3.8) is 0 Å². The van der Waals surface area contributed by atoms with Crippen molar-refractivity contribution in [3.8, 4) is 0 Å². The normalized spacial score (nSPS) is 19.8. The maximum Gasteiger partial charge on any atom is 0.410 e. The molecule has 0 N–H and O–H groups in total. The quantitative estimate of drug-likeness (QED) is 0.785. The van der Waals surface area contributed by atoms with E-state index in [1.54, 1.807) is 35.1 Å². The van der Waals surface area contributed by atoms with Gasteiger partial charge in [0.1, 0.15) is 5.60 Å². The molecule has 2 rings (SSSR count). The Balaban J connectivity index is 1.90. The first-order valence-electron chi connectivity index (χ1n) is 6.86. The zero-order chi connectivity index (χ0) is 14.6. The lowest BCUT2D eigenvalue weighted by molar-refractivity contribution is 0.0220. The van der Waals surface area contributed by atoms with Gasteiger partial charge in [-0.15, -0.1) is 0 Å². The van der Waals surface area contributed by atoms with E-state index in [2.05, 4.69) is 9.97 Å². The number of thioether (sulfide) groups is 1. The van der Waals surface area contributed by atoms with Crippen LogP contribution in [-0.4, -0.2) is 44.9 Å². The second kappa shape index (κ2) is 6.43. The van der Waals surface area contributed by atoms with Gasteiger partial charge in [-0.2, -0.15) is 0 Å². The lowest BCUT2D eigenvalue weighted by atomic mass is 10.1. The molecule has 6 heteroatoms. The molecule has 0 bridgehead atoms. The molecule has 1 aliphatic rings. The summed E-state index contributed by atoms with van der Waals surface area (Å²) in [7, 11) is 0. The van der Waals surface area contributed by atoms with E-state index in [1.165, 1.54) is 0 Å². The van der Waals surface area contributed by atoms with Gasteiger partial charge in [-0.25, -0.2) is 14.8 Å². The van der Waals surface area contributed by atoms with E-state index < -0.39 is 5.60 Å². The minimum atomic E-state index is -0.445. The summed E-state index contributed by atoms with van der Waals surface area (Å²) in [5.41, 5.74) is -0.445. The molecule has 1 unspecified atom stereocenters. The lowest BCUT2D eigenvalue weighted by Crippen LogP contribution is -2.43. The van der Waals surface area contributed by atoms with E-state index in [4.69, 9.17) is 4.74 Å². The van der Waals surface area contributed by atoms with Crippen LogP contribution in [0.2, 0.25) is 0 Å². The number of hydrogen-bond acceptors (Lipinski definition) is 5. The number of aromatic nitrogens is 2. The summed E-state index contributed by atoms with van der Waals surface area (Å²) in [6.07, 6.45) is 5.32. The van der Waals surface area contributed by atoms with E-state index in [1.807, 2.05) is 20.8 Å². The van der Waals surface area contributed by atoms with E-state index >= 15 is 0 Å². The molecule has 1 fully saturated rings. The van der Waals surface area contributed by atoms with Crippen LogP contribution in [0.5, 0.6) is 0 Å². The Morgan fingerprint density at radius 2 is 2.10 bits per heavy atom. The number of hydrogen-bond donors (Lipinski definition) is 0. The van der Waals surface area contributed by atoms with Crippen LogP contribution in [0.25, 0.3) is 0 Å². The molecule has 5 nitrogen and oxygen atoms in total. The number of amides is 1. The zero-order valence-corrected chi connectivity index (χ0v) is 13.0. The standard InChI is InChI=1S/C14H21N3O2S/c1-14(2,3)19-13(18)17-9-4-6-11(10-17)20-12-15-7-5-8-16-12/h5,7-8,11H,4,6,9-10H2,1-3H3. The third-order valence-electron chi connectivity index (χ3n) is 2.84. The Hall–Kier alpha value is -1.30. The number of carbonyl (C=O) groups is 1. The van der Waals surface area contributed by atoms with Crippen LogP contribution in [0.1, 0.15) is 33.6 Å². The predicted octanol–water partition coefficient (Wildman–Crippen LogP) is 2.97. The first-order valence-corrected chi connectivity index (χ1v) is 7.73. The Bertz CT molecular complexity index is 447. The second-order valence-corrected chi connectivity index (χ2v) is 7.11. The van der Waals surface area contributed by atoms with Crippen molar-refractivity contribution >= 4 is 17.9 Å². The van der Waals surface area contributed by atoms with Crippen LogP contribution in [-0.2, 0) is 4.74 Å². The van der Waals surface area contributed by atoms with Crippen molar-refractivity contribution in [1.29, 1.82) is 0 Å². The van der Waals surface area contributed by atoms with Crippen molar-refractivity contribution in [2.45, 2.75) is 49.6 Å². The largest absolute Gasteiger partial charge is 0.444 e. The molecule has 20 heavy (non-hydrogen) atoms. The van der Waals surface area contributed by atoms with Gasteiger partial charge in [-0.05, 0) is 39.7 Å². The zero-order valence-electron chi connectivity index (χ0n) is 12.2. The van der Waals surface area contributed by atoms with Crippen LogP contribution in [0.15, 0.2) is 23.6 Å². The molecule has 1 amide bonds. The van der Waals surface area contributed by atoms with Gasteiger partial charge in [0.15, 0.2) is 5.16 Å². The highest BCUT2D eigenvalue weighted by molar-refractivity contribution is 7.99. The average molecular weight is 295 g/mol. The number of nitrogens with zero attached hydrogens (tertiary/aromatic N) is 3.